The fourth-order valence-corrected chi connectivity index (χ4v) is 2.03. The summed E-state index contributed by atoms with van der Waals surface area (Å²) >= 11 is 9.53. The number of ether oxygens (including phenoxy) is 1. The van der Waals surface area contributed by atoms with Crippen molar-refractivity contribution in [3.8, 4) is 0 Å². The summed E-state index contributed by atoms with van der Waals surface area (Å²) in [6, 6.07) is 1.84. The monoisotopic (exact) mass is 348 g/mol. The Labute approximate surface area is 124 Å². The van der Waals surface area contributed by atoms with E-state index in [-0.39, 0.29) is 6.61 Å². The number of hydrogen-bond acceptors (Lipinski definition) is 4. The van der Waals surface area contributed by atoms with Gasteiger partial charge in [0.1, 0.15) is 0 Å². The Bertz CT molecular complexity index is 520. The van der Waals surface area contributed by atoms with Gasteiger partial charge in [-0.15, -0.1) is 0 Å². The van der Waals surface area contributed by atoms with Crippen LogP contribution < -0.4 is 10.6 Å². The highest BCUT2D eigenvalue weighted by molar-refractivity contribution is 9.10. The molecule has 0 aliphatic heterocycles. The van der Waals surface area contributed by atoms with E-state index in [4.69, 9.17) is 11.6 Å². The van der Waals surface area contributed by atoms with Gasteiger partial charge in [-0.3, -0.25) is 9.59 Å². The van der Waals surface area contributed by atoms with Crippen LogP contribution in [0.1, 0.15) is 12.5 Å². The summed E-state index contributed by atoms with van der Waals surface area (Å²) in [7, 11) is 1.72. The molecule has 1 amide bonds. The van der Waals surface area contributed by atoms with Crippen LogP contribution in [0.25, 0.3) is 0 Å². The SMILES string of the molecule is CNc1cc(C)c(Br)c(Cl)c1NC(=O)COC(C)=O. The number of esters is 1. The molecule has 0 atom stereocenters. The van der Waals surface area contributed by atoms with Gasteiger partial charge in [-0.1, -0.05) is 11.6 Å². The minimum atomic E-state index is -0.514. The molecule has 2 N–H and O–H groups in total. The van der Waals surface area contributed by atoms with Crippen LogP contribution in [0.3, 0.4) is 0 Å². The van der Waals surface area contributed by atoms with Crippen LogP contribution in [0, 0.1) is 6.92 Å². The second-order valence-corrected chi connectivity index (χ2v) is 4.99. The molecule has 0 saturated carbocycles. The third kappa shape index (κ3) is 4.11. The maximum Gasteiger partial charge on any atom is 0.303 e. The van der Waals surface area contributed by atoms with Crippen molar-refractivity contribution in [2.45, 2.75) is 13.8 Å². The average Bonchev–Trinajstić information content (AvgIpc) is 2.36. The quantitative estimate of drug-likeness (QED) is 0.820. The molecular weight excluding hydrogens is 336 g/mol. The molecule has 1 rings (SSSR count). The van der Waals surface area contributed by atoms with E-state index >= 15 is 0 Å². The molecule has 0 spiro atoms. The van der Waals surface area contributed by atoms with E-state index in [1.807, 2.05) is 13.0 Å². The van der Waals surface area contributed by atoms with Gasteiger partial charge in [-0.2, -0.15) is 0 Å². The van der Waals surface area contributed by atoms with Crippen molar-refractivity contribution in [2.24, 2.45) is 0 Å². The third-order valence-electron chi connectivity index (χ3n) is 2.33. The van der Waals surface area contributed by atoms with Gasteiger partial charge in [-0.05, 0) is 34.5 Å². The maximum absolute atomic E-state index is 11.6. The van der Waals surface area contributed by atoms with Crippen molar-refractivity contribution in [1.82, 2.24) is 0 Å². The van der Waals surface area contributed by atoms with Crippen LogP contribution in [0.15, 0.2) is 10.5 Å². The molecule has 5 nitrogen and oxygen atoms in total. The molecule has 19 heavy (non-hydrogen) atoms. The molecular formula is C12H14BrClN2O3. The molecule has 0 radical (unpaired) electrons. The summed E-state index contributed by atoms with van der Waals surface area (Å²) in [4.78, 5) is 22.3. The number of aryl methyl sites for hydroxylation is 1. The first-order chi connectivity index (χ1) is 8.86. The number of amides is 1. The average molecular weight is 350 g/mol. The molecule has 0 aromatic heterocycles. The van der Waals surface area contributed by atoms with Crippen molar-refractivity contribution in [1.29, 1.82) is 0 Å². The smallest absolute Gasteiger partial charge is 0.303 e. The summed E-state index contributed by atoms with van der Waals surface area (Å²) in [6.07, 6.45) is 0. The van der Waals surface area contributed by atoms with Gasteiger partial charge in [0.25, 0.3) is 5.91 Å². The molecule has 1 aromatic carbocycles. The van der Waals surface area contributed by atoms with E-state index in [0.717, 1.165) is 5.56 Å². The minimum Gasteiger partial charge on any atom is -0.456 e. The van der Waals surface area contributed by atoms with Crippen molar-refractivity contribution < 1.29 is 14.3 Å². The Hall–Kier alpha value is -1.27. The van der Waals surface area contributed by atoms with Crippen molar-refractivity contribution in [3.63, 3.8) is 0 Å². The van der Waals surface area contributed by atoms with Gasteiger partial charge in [-0.25, -0.2) is 0 Å². The number of hydrogen-bond donors (Lipinski definition) is 2. The molecule has 1 aromatic rings. The number of benzene rings is 1. The first-order valence-corrected chi connectivity index (χ1v) is 6.63. The van der Waals surface area contributed by atoms with Crippen LogP contribution >= 0.6 is 27.5 Å². The first-order valence-electron chi connectivity index (χ1n) is 5.46. The standard InChI is InChI=1S/C12H14BrClN2O3/c1-6-4-8(15-3)12(11(14)10(6)13)16-9(18)5-19-7(2)17/h4,15H,5H2,1-3H3,(H,16,18). The predicted octanol–water partition coefficient (Wildman–Crippen LogP) is 2.95. The van der Waals surface area contributed by atoms with Gasteiger partial charge in [0, 0.05) is 18.4 Å². The van der Waals surface area contributed by atoms with E-state index in [1.165, 1.54) is 6.92 Å². The van der Waals surface area contributed by atoms with Gasteiger partial charge in [0.05, 0.1) is 16.4 Å². The third-order valence-corrected chi connectivity index (χ3v) is 3.96. The molecule has 7 heteroatoms. The number of carbonyl (C=O) groups is 2. The lowest BCUT2D eigenvalue weighted by Gasteiger charge is -2.15. The highest BCUT2D eigenvalue weighted by atomic mass is 79.9. The number of halogens is 2. The molecule has 0 bridgehead atoms. The minimum absolute atomic E-state index is 0.347. The lowest BCUT2D eigenvalue weighted by molar-refractivity contribution is -0.144. The Balaban J connectivity index is 2.97. The van der Waals surface area contributed by atoms with Gasteiger partial charge >= 0.3 is 5.97 Å². The number of anilines is 2. The van der Waals surface area contributed by atoms with Crippen molar-refractivity contribution >= 4 is 50.8 Å². The van der Waals surface area contributed by atoms with Crippen LogP contribution in [0.5, 0.6) is 0 Å². The number of rotatable bonds is 4. The number of carbonyl (C=O) groups excluding carboxylic acids is 2. The zero-order valence-electron chi connectivity index (χ0n) is 10.8. The lowest BCUT2D eigenvalue weighted by Crippen LogP contribution is -2.20. The summed E-state index contributed by atoms with van der Waals surface area (Å²) in [5.74, 6) is -0.968. The normalized spacial score (nSPS) is 9.95. The molecule has 0 aliphatic rings. The Morgan fingerprint density at radius 3 is 2.63 bits per heavy atom. The van der Waals surface area contributed by atoms with E-state index in [0.29, 0.717) is 20.9 Å². The highest BCUT2D eigenvalue weighted by Crippen LogP contribution is 2.38. The molecule has 0 unspecified atom stereocenters. The second kappa shape index (κ2) is 6.77. The second-order valence-electron chi connectivity index (χ2n) is 3.82. The van der Waals surface area contributed by atoms with Gasteiger partial charge in [0.2, 0.25) is 0 Å². The van der Waals surface area contributed by atoms with Crippen molar-refractivity contribution in [3.05, 3.63) is 21.1 Å². The summed E-state index contributed by atoms with van der Waals surface area (Å²) in [5, 5.41) is 5.95. The molecule has 0 saturated heterocycles. The van der Waals surface area contributed by atoms with E-state index in [2.05, 4.69) is 31.3 Å². The first kappa shape index (κ1) is 15.8. The Kier molecular flexibility index (Phi) is 5.62. The molecule has 104 valence electrons. The summed E-state index contributed by atoms with van der Waals surface area (Å²) < 4.78 is 5.32. The fourth-order valence-electron chi connectivity index (χ4n) is 1.42. The number of nitrogens with one attached hydrogen (secondary N) is 2. The van der Waals surface area contributed by atoms with E-state index in [1.54, 1.807) is 7.05 Å². The largest absolute Gasteiger partial charge is 0.456 e. The molecule has 0 heterocycles. The van der Waals surface area contributed by atoms with Crippen LogP contribution in [0.2, 0.25) is 5.02 Å². The predicted molar refractivity (Wildman–Crippen MR) is 78.7 cm³/mol. The van der Waals surface area contributed by atoms with E-state index in [9.17, 15) is 9.59 Å². The highest BCUT2D eigenvalue weighted by Gasteiger charge is 2.15. The van der Waals surface area contributed by atoms with Crippen LogP contribution in [-0.4, -0.2) is 25.5 Å². The zero-order chi connectivity index (χ0) is 14.6. The zero-order valence-corrected chi connectivity index (χ0v) is 13.1. The topological polar surface area (TPSA) is 67.4 Å². The van der Waals surface area contributed by atoms with Gasteiger partial charge in [0.15, 0.2) is 6.61 Å². The molecule has 0 aliphatic carbocycles. The van der Waals surface area contributed by atoms with Crippen LogP contribution in [-0.2, 0) is 14.3 Å². The Morgan fingerprint density at radius 1 is 1.47 bits per heavy atom. The Morgan fingerprint density at radius 2 is 2.11 bits per heavy atom. The van der Waals surface area contributed by atoms with E-state index < -0.39 is 11.9 Å². The molecule has 0 fully saturated rings. The van der Waals surface area contributed by atoms with Gasteiger partial charge < -0.3 is 15.4 Å². The summed E-state index contributed by atoms with van der Waals surface area (Å²) in [5.41, 5.74) is 2.06. The summed E-state index contributed by atoms with van der Waals surface area (Å²) in [6.45, 7) is 2.78. The fraction of sp³-hybridized carbons (Fsp3) is 0.333. The lowest BCUT2D eigenvalue weighted by atomic mass is 10.2. The van der Waals surface area contributed by atoms with Crippen molar-refractivity contribution in [2.75, 3.05) is 24.3 Å². The maximum atomic E-state index is 11.6. The van der Waals surface area contributed by atoms with Crippen LogP contribution in [0.4, 0.5) is 11.4 Å².